The molecule has 0 aliphatic heterocycles. The summed E-state index contributed by atoms with van der Waals surface area (Å²) in [5, 5.41) is 18.5. The van der Waals surface area contributed by atoms with Crippen LogP contribution in [0.3, 0.4) is 0 Å². The molecule has 0 atom stereocenters. The lowest BCUT2D eigenvalue weighted by atomic mass is 10.1. The maximum atomic E-state index is 12.1. The van der Waals surface area contributed by atoms with Gasteiger partial charge in [-0.1, -0.05) is 41.6 Å². The van der Waals surface area contributed by atoms with Gasteiger partial charge in [-0.05, 0) is 22.6 Å². The lowest BCUT2D eigenvalue weighted by Gasteiger charge is -2.13. The van der Waals surface area contributed by atoms with Crippen LogP contribution in [0.1, 0.15) is 23.5 Å². The Labute approximate surface area is 179 Å². The quantitative estimate of drug-likeness (QED) is 0.294. The van der Waals surface area contributed by atoms with Crippen molar-refractivity contribution in [1.29, 1.82) is 0 Å². The number of hydrogen-bond donors (Lipinski definition) is 1. The van der Waals surface area contributed by atoms with Crippen LogP contribution in [0.25, 0.3) is 0 Å². The van der Waals surface area contributed by atoms with Gasteiger partial charge in [-0.15, -0.1) is 5.10 Å². The van der Waals surface area contributed by atoms with E-state index in [0.717, 1.165) is 5.56 Å². The van der Waals surface area contributed by atoms with Gasteiger partial charge in [-0.25, -0.2) is 9.67 Å². The third kappa shape index (κ3) is 6.14. The predicted octanol–water partition coefficient (Wildman–Crippen LogP) is 1.52. The average molecular weight is 425 g/mol. The largest absolute Gasteiger partial charge is 0.389 e. The molecule has 0 radical (unpaired) electrons. The Bertz CT molecular complexity index is 1020. The fourth-order valence-electron chi connectivity index (χ4n) is 2.65. The Morgan fingerprint density at radius 2 is 1.90 bits per heavy atom. The second kappa shape index (κ2) is 10.9. The topological polar surface area (TPSA) is 126 Å². The number of benzene rings is 1. The van der Waals surface area contributed by atoms with Crippen molar-refractivity contribution in [1.82, 2.24) is 25.2 Å². The van der Waals surface area contributed by atoms with Crippen LogP contribution in [-0.2, 0) is 32.8 Å². The summed E-state index contributed by atoms with van der Waals surface area (Å²) < 4.78 is 11.6. The van der Waals surface area contributed by atoms with E-state index in [2.05, 4.69) is 31.0 Å². The number of carbonyl (C=O) groups excluding carboxylic acids is 1. The summed E-state index contributed by atoms with van der Waals surface area (Å²) in [4.78, 5) is 22.0. The highest BCUT2D eigenvalue weighted by Gasteiger charge is 2.15. The smallest absolute Gasteiger partial charge is 0.230 e. The van der Waals surface area contributed by atoms with Gasteiger partial charge in [0, 0.05) is 26.8 Å². The molecule has 1 aromatic carbocycles. The number of nitrogens with one attached hydrogen (secondary N) is 1. The first-order valence-corrected chi connectivity index (χ1v) is 9.40. The lowest BCUT2D eigenvalue weighted by molar-refractivity contribution is -0.134. The molecule has 11 heteroatoms. The number of hydrogen-bond acceptors (Lipinski definition) is 9. The molecule has 0 unspecified atom stereocenters. The van der Waals surface area contributed by atoms with Crippen molar-refractivity contribution in [3.63, 3.8) is 0 Å². The Kier molecular flexibility index (Phi) is 7.73. The number of methoxy groups -OCH3 is 2. The number of tetrazole rings is 1. The number of nitrogens with zero attached hydrogens (tertiary/aromatic N) is 6. The molecule has 2 heterocycles. The van der Waals surface area contributed by atoms with Crippen LogP contribution in [0.2, 0.25) is 0 Å². The zero-order chi connectivity index (χ0) is 22.1. The molecule has 0 bridgehead atoms. The van der Waals surface area contributed by atoms with E-state index in [1.807, 2.05) is 30.3 Å². The fraction of sp³-hybridized carbons (Fsp3) is 0.300. The van der Waals surface area contributed by atoms with Crippen molar-refractivity contribution in [2.45, 2.75) is 19.3 Å². The van der Waals surface area contributed by atoms with Crippen molar-refractivity contribution < 1.29 is 19.1 Å². The van der Waals surface area contributed by atoms with Gasteiger partial charge in [-0.2, -0.15) is 0 Å². The number of amides is 1. The van der Waals surface area contributed by atoms with Gasteiger partial charge in [0.25, 0.3) is 0 Å². The summed E-state index contributed by atoms with van der Waals surface area (Å²) in [7, 11) is 4.66. The maximum Gasteiger partial charge on any atom is 0.230 e. The molecule has 3 rings (SSSR count). The van der Waals surface area contributed by atoms with Crippen LogP contribution >= 0.6 is 0 Å². The van der Waals surface area contributed by atoms with Crippen molar-refractivity contribution in [3.8, 4) is 0 Å². The normalized spacial score (nSPS) is 11.5. The monoisotopic (exact) mass is 425 g/mol. The molecule has 0 saturated heterocycles. The second-order valence-electron chi connectivity index (χ2n) is 6.37. The van der Waals surface area contributed by atoms with Crippen molar-refractivity contribution in [3.05, 3.63) is 65.6 Å². The van der Waals surface area contributed by atoms with Crippen molar-refractivity contribution >= 4 is 17.4 Å². The standard InChI is InChI=1S/C20H23N7O4/c1-27-20(23-25-26-27)19(14-8-5-4-6-9-14)24-31-13-15-10-7-11-16(21-15)22-17(28)12-18(29-2)30-3/h4-11,18H,12-13H2,1-3H3,(H,21,22,28)/b24-19-. The van der Waals surface area contributed by atoms with Crippen LogP contribution in [0.15, 0.2) is 53.7 Å². The highest BCUT2D eigenvalue weighted by Crippen LogP contribution is 2.11. The van der Waals surface area contributed by atoms with Crippen LogP contribution in [0, 0.1) is 0 Å². The lowest BCUT2D eigenvalue weighted by Crippen LogP contribution is -2.23. The number of pyridine rings is 1. The van der Waals surface area contributed by atoms with Crippen LogP contribution in [0.5, 0.6) is 0 Å². The van der Waals surface area contributed by atoms with Gasteiger partial charge in [0.1, 0.15) is 5.82 Å². The Hall–Kier alpha value is -3.70. The van der Waals surface area contributed by atoms with Gasteiger partial charge < -0.3 is 19.6 Å². The summed E-state index contributed by atoms with van der Waals surface area (Å²) >= 11 is 0. The second-order valence-corrected chi connectivity index (χ2v) is 6.37. The molecule has 3 aromatic rings. The summed E-state index contributed by atoms with van der Waals surface area (Å²) in [6, 6.07) is 14.7. The minimum atomic E-state index is -0.618. The Balaban J connectivity index is 1.68. The number of aryl methyl sites for hydroxylation is 1. The molecule has 162 valence electrons. The molecule has 1 amide bonds. The molecule has 0 saturated carbocycles. The third-order valence-electron chi connectivity index (χ3n) is 4.20. The molecule has 0 fully saturated rings. The number of rotatable bonds is 10. The SMILES string of the molecule is COC(CC(=O)Nc1cccc(CO/N=C(/c2ccccc2)c2nnnn2C)n1)OC. The van der Waals surface area contributed by atoms with Gasteiger partial charge in [-0.3, -0.25) is 4.79 Å². The molecule has 1 N–H and O–H groups in total. The molecular weight excluding hydrogens is 402 g/mol. The van der Waals surface area contributed by atoms with Gasteiger partial charge >= 0.3 is 0 Å². The molecule has 0 aliphatic rings. The van der Waals surface area contributed by atoms with E-state index >= 15 is 0 Å². The number of ether oxygens (including phenoxy) is 2. The van der Waals surface area contributed by atoms with Crippen LogP contribution in [-0.4, -0.2) is 57.3 Å². The first kappa shape index (κ1) is 22.0. The van der Waals surface area contributed by atoms with E-state index in [9.17, 15) is 4.79 Å². The molecule has 0 aliphatic carbocycles. The van der Waals surface area contributed by atoms with Gasteiger partial charge in [0.15, 0.2) is 18.6 Å². The zero-order valence-electron chi connectivity index (χ0n) is 17.4. The average Bonchev–Trinajstić information content (AvgIpc) is 3.21. The molecule has 31 heavy (non-hydrogen) atoms. The number of carbonyl (C=O) groups is 1. The minimum Gasteiger partial charge on any atom is -0.389 e. The molecule has 11 nitrogen and oxygen atoms in total. The highest BCUT2D eigenvalue weighted by atomic mass is 16.7. The van der Waals surface area contributed by atoms with Gasteiger partial charge in [0.05, 0.1) is 12.1 Å². The first-order valence-electron chi connectivity index (χ1n) is 9.40. The maximum absolute atomic E-state index is 12.1. The third-order valence-corrected chi connectivity index (χ3v) is 4.20. The highest BCUT2D eigenvalue weighted by molar-refractivity contribution is 6.10. The summed E-state index contributed by atoms with van der Waals surface area (Å²) in [6.07, 6.45) is -0.571. The van der Waals surface area contributed by atoms with E-state index in [0.29, 0.717) is 23.0 Å². The van der Waals surface area contributed by atoms with Crippen LogP contribution < -0.4 is 5.32 Å². The summed E-state index contributed by atoms with van der Waals surface area (Å²) in [5.41, 5.74) is 1.88. The predicted molar refractivity (Wildman–Crippen MR) is 111 cm³/mol. The van der Waals surface area contributed by atoms with Crippen LogP contribution in [0.4, 0.5) is 5.82 Å². The van der Waals surface area contributed by atoms with E-state index in [-0.39, 0.29) is 18.9 Å². The summed E-state index contributed by atoms with van der Waals surface area (Å²) in [6.45, 7) is 0.0874. The summed E-state index contributed by atoms with van der Waals surface area (Å²) in [5.74, 6) is 0.575. The van der Waals surface area contributed by atoms with Gasteiger partial charge in [0.2, 0.25) is 11.7 Å². The zero-order valence-corrected chi connectivity index (χ0v) is 17.4. The first-order chi connectivity index (χ1) is 15.1. The van der Waals surface area contributed by atoms with E-state index in [1.54, 1.807) is 25.2 Å². The Morgan fingerprint density at radius 1 is 1.13 bits per heavy atom. The van der Waals surface area contributed by atoms with Crippen molar-refractivity contribution in [2.24, 2.45) is 12.2 Å². The number of anilines is 1. The van der Waals surface area contributed by atoms with E-state index in [4.69, 9.17) is 14.3 Å². The van der Waals surface area contributed by atoms with Crippen molar-refractivity contribution in [2.75, 3.05) is 19.5 Å². The van der Waals surface area contributed by atoms with E-state index in [1.165, 1.54) is 18.9 Å². The fourth-order valence-corrected chi connectivity index (χ4v) is 2.65. The Morgan fingerprint density at radius 3 is 2.58 bits per heavy atom. The van der Waals surface area contributed by atoms with E-state index < -0.39 is 6.29 Å². The molecule has 0 spiro atoms. The molecular formula is C20H23N7O4. The number of aromatic nitrogens is 5. The molecule has 2 aromatic heterocycles. The number of oxime groups is 1. The minimum absolute atomic E-state index is 0.0475.